The molecule has 0 radical (unpaired) electrons. The molecule has 0 spiro atoms. The lowest BCUT2D eigenvalue weighted by Crippen LogP contribution is -2.19. The van der Waals surface area contributed by atoms with Gasteiger partial charge in [-0.3, -0.25) is 0 Å². The van der Waals surface area contributed by atoms with Crippen LogP contribution in [0.2, 0.25) is 0 Å². The predicted octanol–water partition coefficient (Wildman–Crippen LogP) is 4.69. The van der Waals surface area contributed by atoms with Crippen LogP contribution in [-0.4, -0.2) is 6.54 Å². The van der Waals surface area contributed by atoms with Gasteiger partial charge < -0.3 is 5.32 Å². The molecule has 1 atom stereocenters. The first kappa shape index (κ1) is 14.7. The van der Waals surface area contributed by atoms with E-state index in [4.69, 9.17) is 0 Å². The molecule has 0 aliphatic carbocycles. The Morgan fingerprint density at radius 1 is 1.05 bits per heavy atom. The highest BCUT2D eigenvalue weighted by atomic mass is 19.1. The first-order chi connectivity index (χ1) is 9.61. The van der Waals surface area contributed by atoms with E-state index in [1.54, 1.807) is 0 Å². The van der Waals surface area contributed by atoms with Gasteiger partial charge in [0.15, 0.2) is 0 Å². The Hall–Kier alpha value is -1.74. The van der Waals surface area contributed by atoms with E-state index in [-0.39, 0.29) is 6.04 Å². The molecule has 2 aromatic carbocycles. The Morgan fingerprint density at radius 3 is 2.35 bits per heavy atom. The van der Waals surface area contributed by atoms with Crippen molar-refractivity contribution in [1.82, 2.24) is 5.32 Å². The second kappa shape index (κ2) is 6.62. The van der Waals surface area contributed by atoms with E-state index in [1.165, 1.54) is 12.1 Å². The second-order valence-corrected chi connectivity index (χ2v) is 4.92. The largest absolute Gasteiger partial charge is 0.310 e. The minimum atomic E-state index is -0.555. The van der Waals surface area contributed by atoms with Crippen molar-refractivity contribution in [3.05, 3.63) is 59.7 Å². The smallest absolute Gasteiger partial charge is 0.133 e. The zero-order valence-corrected chi connectivity index (χ0v) is 11.8. The Balaban J connectivity index is 2.19. The van der Waals surface area contributed by atoms with Gasteiger partial charge in [0, 0.05) is 17.7 Å². The molecule has 0 aliphatic rings. The lowest BCUT2D eigenvalue weighted by molar-refractivity contribution is 0.571. The maximum absolute atomic E-state index is 13.7. The summed E-state index contributed by atoms with van der Waals surface area (Å²) in [5.74, 6) is -1.09. The molecule has 0 saturated carbocycles. The highest BCUT2D eigenvalue weighted by Gasteiger charge is 2.08. The van der Waals surface area contributed by atoms with Crippen molar-refractivity contribution in [2.75, 3.05) is 6.54 Å². The number of benzene rings is 2. The minimum Gasteiger partial charge on any atom is -0.310 e. The van der Waals surface area contributed by atoms with E-state index in [0.717, 1.165) is 30.2 Å². The van der Waals surface area contributed by atoms with E-state index in [1.807, 2.05) is 24.3 Å². The number of hydrogen-bond donors (Lipinski definition) is 1. The van der Waals surface area contributed by atoms with Gasteiger partial charge in [-0.2, -0.15) is 0 Å². The molecule has 0 fully saturated rings. The molecule has 106 valence electrons. The van der Waals surface area contributed by atoms with Crippen LogP contribution in [0.15, 0.2) is 42.5 Å². The van der Waals surface area contributed by atoms with Crippen molar-refractivity contribution in [1.29, 1.82) is 0 Å². The van der Waals surface area contributed by atoms with Gasteiger partial charge in [0.25, 0.3) is 0 Å². The summed E-state index contributed by atoms with van der Waals surface area (Å²) in [4.78, 5) is 0. The Labute approximate surface area is 118 Å². The van der Waals surface area contributed by atoms with Crippen LogP contribution in [0.1, 0.15) is 31.9 Å². The molecule has 0 amide bonds. The summed E-state index contributed by atoms with van der Waals surface area (Å²) in [5, 5.41) is 3.40. The Bertz CT molecular complexity index is 564. The van der Waals surface area contributed by atoms with Gasteiger partial charge in [-0.25, -0.2) is 8.78 Å². The molecule has 0 aliphatic heterocycles. The maximum Gasteiger partial charge on any atom is 0.133 e. The van der Waals surface area contributed by atoms with E-state index in [0.29, 0.717) is 5.56 Å². The average molecular weight is 275 g/mol. The molecular weight excluding hydrogens is 256 g/mol. The normalized spacial score (nSPS) is 12.4. The number of rotatable bonds is 5. The van der Waals surface area contributed by atoms with Crippen LogP contribution >= 0.6 is 0 Å². The molecule has 1 unspecified atom stereocenters. The molecule has 0 aromatic heterocycles. The SMILES string of the molecule is CCCNC(C)c1ccc(-c2ccc(F)cc2F)cc1. The van der Waals surface area contributed by atoms with Gasteiger partial charge in [0.1, 0.15) is 11.6 Å². The third kappa shape index (κ3) is 3.42. The van der Waals surface area contributed by atoms with Crippen molar-refractivity contribution in [2.24, 2.45) is 0 Å². The van der Waals surface area contributed by atoms with E-state index in [9.17, 15) is 8.78 Å². The number of nitrogens with one attached hydrogen (secondary N) is 1. The summed E-state index contributed by atoms with van der Waals surface area (Å²) >= 11 is 0. The first-order valence-electron chi connectivity index (χ1n) is 6.90. The van der Waals surface area contributed by atoms with Crippen molar-refractivity contribution >= 4 is 0 Å². The summed E-state index contributed by atoms with van der Waals surface area (Å²) in [6, 6.07) is 11.6. The molecule has 2 aromatic rings. The van der Waals surface area contributed by atoms with Crippen LogP contribution in [-0.2, 0) is 0 Å². The lowest BCUT2D eigenvalue weighted by atomic mass is 10.0. The molecule has 2 rings (SSSR count). The average Bonchev–Trinajstić information content (AvgIpc) is 2.45. The molecule has 0 heterocycles. The highest BCUT2D eigenvalue weighted by Crippen LogP contribution is 2.25. The zero-order valence-electron chi connectivity index (χ0n) is 11.8. The fourth-order valence-corrected chi connectivity index (χ4v) is 2.15. The van der Waals surface area contributed by atoms with Gasteiger partial charge in [-0.05, 0) is 43.1 Å². The summed E-state index contributed by atoms with van der Waals surface area (Å²) in [7, 11) is 0. The van der Waals surface area contributed by atoms with Crippen LogP contribution in [0.3, 0.4) is 0 Å². The van der Waals surface area contributed by atoms with E-state index >= 15 is 0 Å². The minimum absolute atomic E-state index is 0.266. The molecule has 1 N–H and O–H groups in total. The molecule has 0 saturated heterocycles. The van der Waals surface area contributed by atoms with Gasteiger partial charge in [0.05, 0.1) is 0 Å². The third-order valence-corrected chi connectivity index (χ3v) is 3.35. The van der Waals surface area contributed by atoms with Crippen LogP contribution in [0.4, 0.5) is 8.78 Å². The maximum atomic E-state index is 13.7. The Morgan fingerprint density at radius 2 is 1.75 bits per heavy atom. The van der Waals surface area contributed by atoms with Crippen LogP contribution in [0.5, 0.6) is 0 Å². The second-order valence-electron chi connectivity index (χ2n) is 4.92. The predicted molar refractivity (Wildman–Crippen MR) is 78.5 cm³/mol. The monoisotopic (exact) mass is 275 g/mol. The van der Waals surface area contributed by atoms with Gasteiger partial charge in [-0.1, -0.05) is 31.2 Å². The Kier molecular flexibility index (Phi) is 4.85. The number of hydrogen-bond acceptors (Lipinski definition) is 1. The summed E-state index contributed by atoms with van der Waals surface area (Å²) in [5.41, 5.74) is 2.34. The summed E-state index contributed by atoms with van der Waals surface area (Å²) < 4.78 is 26.6. The van der Waals surface area contributed by atoms with Crippen LogP contribution < -0.4 is 5.32 Å². The first-order valence-corrected chi connectivity index (χ1v) is 6.90. The fourth-order valence-electron chi connectivity index (χ4n) is 2.15. The molecule has 20 heavy (non-hydrogen) atoms. The van der Waals surface area contributed by atoms with Crippen LogP contribution in [0.25, 0.3) is 11.1 Å². The van der Waals surface area contributed by atoms with Crippen LogP contribution in [0, 0.1) is 11.6 Å². The van der Waals surface area contributed by atoms with E-state index in [2.05, 4.69) is 19.2 Å². The quantitative estimate of drug-likeness (QED) is 0.834. The van der Waals surface area contributed by atoms with Crippen molar-refractivity contribution in [3.63, 3.8) is 0 Å². The fraction of sp³-hybridized carbons (Fsp3) is 0.294. The van der Waals surface area contributed by atoms with E-state index < -0.39 is 11.6 Å². The zero-order chi connectivity index (χ0) is 14.5. The van der Waals surface area contributed by atoms with Crippen molar-refractivity contribution < 1.29 is 8.78 Å². The third-order valence-electron chi connectivity index (χ3n) is 3.35. The number of halogens is 2. The highest BCUT2D eigenvalue weighted by molar-refractivity contribution is 5.64. The summed E-state index contributed by atoms with van der Waals surface area (Å²) in [6.07, 6.45) is 1.09. The van der Waals surface area contributed by atoms with Gasteiger partial charge in [0.2, 0.25) is 0 Å². The van der Waals surface area contributed by atoms with Crippen molar-refractivity contribution in [3.8, 4) is 11.1 Å². The molecule has 0 bridgehead atoms. The molecular formula is C17H19F2N. The molecule has 1 nitrogen and oxygen atoms in total. The lowest BCUT2D eigenvalue weighted by Gasteiger charge is -2.14. The van der Waals surface area contributed by atoms with Gasteiger partial charge in [-0.15, -0.1) is 0 Å². The summed E-state index contributed by atoms with van der Waals surface area (Å²) in [6.45, 7) is 5.19. The van der Waals surface area contributed by atoms with Crippen molar-refractivity contribution in [2.45, 2.75) is 26.3 Å². The molecule has 3 heteroatoms. The van der Waals surface area contributed by atoms with Gasteiger partial charge >= 0.3 is 0 Å². The standard InChI is InChI=1S/C17H19F2N/c1-3-10-20-12(2)13-4-6-14(7-5-13)16-9-8-15(18)11-17(16)19/h4-9,11-12,20H,3,10H2,1-2H3. The topological polar surface area (TPSA) is 12.0 Å².